The molecule has 7 nitrogen and oxygen atoms in total. The smallest absolute Gasteiger partial charge is 0.223 e. The van der Waals surface area contributed by atoms with Crippen LogP contribution in [0.1, 0.15) is 13.3 Å². The lowest BCUT2D eigenvalue weighted by Gasteiger charge is -2.21. The molecular formula is C9H15N7. The second kappa shape index (κ2) is 5.72. The van der Waals surface area contributed by atoms with E-state index in [2.05, 4.69) is 21.5 Å². The number of nitrogens with one attached hydrogen (secondary N) is 1. The monoisotopic (exact) mass is 221 g/mol. The Labute approximate surface area is 94.0 Å². The molecule has 86 valence electrons. The molecule has 1 rings (SSSR count). The fourth-order valence-electron chi connectivity index (χ4n) is 1.31. The van der Waals surface area contributed by atoms with Crippen LogP contribution in [0.5, 0.6) is 0 Å². The second-order valence-corrected chi connectivity index (χ2v) is 3.10. The molecule has 0 unspecified atom stereocenters. The Morgan fingerprint density at radius 3 is 2.88 bits per heavy atom. The lowest BCUT2D eigenvalue weighted by molar-refractivity contribution is 0.809. The summed E-state index contributed by atoms with van der Waals surface area (Å²) in [6, 6.07) is 3.78. The third-order valence-electron chi connectivity index (χ3n) is 2.08. The van der Waals surface area contributed by atoms with E-state index in [-0.39, 0.29) is 5.95 Å². The van der Waals surface area contributed by atoms with Crippen LogP contribution in [-0.4, -0.2) is 23.1 Å². The second-order valence-electron chi connectivity index (χ2n) is 3.10. The number of hydrogen-bond donors (Lipinski definition) is 3. The molecule has 0 radical (unpaired) electrons. The Hall–Kier alpha value is -2.07. The van der Waals surface area contributed by atoms with Crippen LogP contribution in [0.25, 0.3) is 0 Å². The van der Waals surface area contributed by atoms with Crippen molar-refractivity contribution in [1.82, 2.24) is 9.97 Å². The van der Waals surface area contributed by atoms with Gasteiger partial charge in [0.1, 0.15) is 11.6 Å². The highest BCUT2D eigenvalue weighted by molar-refractivity contribution is 5.52. The maximum absolute atomic E-state index is 8.55. The van der Waals surface area contributed by atoms with E-state index in [1.165, 1.54) is 0 Å². The Kier molecular flexibility index (Phi) is 4.29. The van der Waals surface area contributed by atoms with E-state index in [1.807, 2.05) is 11.8 Å². The Morgan fingerprint density at radius 2 is 2.31 bits per heavy atom. The highest BCUT2D eigenvalue weighted by Gasteiger charge is 2.08. The molecule has 0 aliphatic carbocycles. The fourth-order valence-corrected chi connectivity index (χ4v) is 1.31. The topological polar surface area (TPSA) is 117 Å². The van der Waals surface area contributed by atoms with Gasteiger partial charge >= 0.3 is 0 Å². The molecule has 16 heavy (non-hydrogen) atoms. The standard InChI is InChI=1S/C9H15N7/c1-2-16(5-3-4-10)8-6-7(15-12)13-9(11)14-8/h6H,2-3,5,12H2,1H3,(H3,11,13,14,15). The average molecular weight is 221 g/mol. The van der Waals surface area contributed by atoms with Crippen molar-refractivity contribution in [2.75, 3.05) is 29.1 Å². The van der Waals surface area contributed by atoms with Crippen molar-refractivity contribution >= 4 is 17.6 Å². The number of rotatable bonds is 5. The van der Waals surface area contributed by atoms with Crippen LogP contribution < -0.4 is 21.9 Å². The van der Waals surface area contributed by atoms with Crippen LogP contribution in [0.15, 0.2) is 6.07 Å². The van der Waals surface area contributed by atoms with E-state index in [0.29, 0.717) is 24.6 Å². The summed E-state index contributed by atoms with van der Waals surface area (Å²) >= 11 is 0. The average Bonchev–Trinajstić information content (AvgIpc) is 2.29. The van der Waals surface area contributed by atoms with Crippen molar-refractivity contribution in [3.05, 3.63) is 6.07 Å². The number of nitrogen functional groups attached to an aromatic ring is 2. The summed E-state index contributed by atoms with van der Waals surface area (Å²) in [6.45, 7) is 3.32. The Morgan fingerprint density at radius 1 is 1.56 bits per heavy atom. The number of hydrazine groups is 1. The lowest BCUT2D eigenvalue weighted by atomic mass is 10.4. The minimum Gasteiger partial charge on any atom is -0.368 e. The summed E-state index contributed by atoms with van der Waals surface area (Å²) in [4.78, 5) is 9.91. The molecule has 0 aliphatic heterocycles. The van der Waals surface area contributed by atoms with Crippen molar-refractivity contribution < 1.29 is 0 Å². The SMILES string of the molecule is CCN(CCC#N)c1cc(NN)nc(N)n1. The first-order valence-corrected chi connectivity index (χ1v) is 4.94. The summed E-state index contributed by atoms with van der Waals surface area (Å²) in [6.07, 6.45) is 0.434. The highest BCUT2D eigenvalue weighted by atomic mass is 15.3. The number of nitrogens with two attached hydrogens (primary N) is 2. The molecule has 0 saturated carbocycles. The highest BCUT2D eigenvalue weighted by Crippen LogP contribution is 2.16. The maximum atomic E-state index is 8.55. The van der Waals surface area contributed by atoms with Crippen molar-refractivity contribution in [2.45, 2.75) is 13.3 Å². The minimum atomic E-state index is 0.154. The first-order chi connectivity index (χ1) is 7.71. The number of anilines is 3. The molecule has 7 heteroatoms. The molecule has 0 fully saturated rings. The first kappa shape index (κ1) is 12.0. The van der Waals surface area contributed by atoms with Crippen LogP contribution in [0.4, 0.5) is 17.6 Å². The molecule has 0 bridgehead atoms. The fraction of sp³-hybridized carbons (Fsp3) is 0.444. The zero-order valence-electron chi connectivity index (χ0n) is 9.14. The van der Waals surface area contributed by atoms with Gasteiger partial charge in [-0.15, -0.1) is 0 Å². The minimum absolute atomic E-state index is 0.154. The molecule has 0 spiro atoms. The van der Waals surface area contributed by atoms with Gasteiger partial charge in [0.15, 0.2) is 0 Å². The summed E-state index contributed by atoms with van der Waals surface area (Å²) in [7, 11) is 0. The van der Waals surface area contributed by atoms with Crippen LogP contribution in [0.2, 0.25) is 0 Å². The molecule has 0 amide bonds. The van der Waals surface area contributed by atoms with E-state index < -0.39 is 0 Å². The maximum Gasteiger partial charge on any atom is 0.223 e. The first-order valence-electron chi connectivity index (χ1n) is 4.94. The quantitative estimate of drug-likeness (QED) is 0.476. The van der Waals surface area contributed by atoms with Gasteiger partial charge in [0.2, 0.25) is 5.95 Å². The van der Waals surface area contributed by atoms with Gasteiger partial charge in [-0.25, -0.2) is 5.84 Å². The van der Waals surface area contributed by atoms with Crippen LogP contribution >= 0.6 is 0 Å². The normalized spacial score (nSPS) is 9.56. The number of hydrogen-bond acceptors (Lipinski definition) is 7. The number of aromatic nitrogens is 2. The number of nitrogens with zero attached hydrogens (tertiary/aromatic N) is 4. The van der Waals surface area contributed by atoms with Crippen molar-refractivity contribution in [2.24, 2.45) is 5.84 Å². The largest absolute Gasteiger partial charge is 0.368 e. The zero-order chi connectivity index (χ0) is 12.0. The van der Waals surface area contributed by atoms with Crippen molar-refractivity contribution in [3.63, 3.8) is 0 Å². The van der Waals surface area contributed by atoms with Gasteiger partial charge in [-0.2, -0.15) is 15.2 Å². The van der Waals surface area contributed by atoms with Gasteiger partial charge in [-0.1, -0.05) is 0 Å². The van der Waals surface area contributed by atoms with Crippen molar-refractivity contribution in [1.29, 1.82) is 5.26 Å². The Bertz CT molecular complexity index is 384. The molecule has 1 aromatic rings. The molecule has 0 aliphatic rings. The van der Waals surface area contributed by atoms with Gasteiger partial charge in [0, 0.05) is 19.2 Å². The summed E-state index contributed by atoms with van der Waals surface area (Å²) in [5.41, 5.74) is 7.97. The van der Waals surface area contributed by atoms with Gasteiger partial charge in [-0.05, 0) is 6.92 Å². The molecule has 0 aromatic carbocycles. The zero-order valence-corrected chi connectivity index (χ0v) is 9.14. The molecule has 0 saturated heterocycles. The van der Waals surface area contributed by atoms with Crippen LogP contribution in [0, 0.1) is 11.3 Å². The third-order valence-corrected chi connectivity index (χ3v) is 2.08. The molecule has 1 heterocycles. The van der Waals surface area contributed by atoms with Gasteiger partial charge < -0.3 is 16.1 Å². The van der Waals surface area contributed by atoms with E-state index in [1.54, 1.807) is 6.07 Å². The third kappa shape index (κ3) is 2.96. The van der Waals surface area contributed by atoms with Crippen LogP contribution in [0.3, 0.4) is 0 Å². The summed E-state index contributed by atoms with van der Waals surface area (Å²) < 4.78 is 0. The Balaban J connectivity index is 2.91. The van der Waals surface area contributed by atoms with E-state index >= 15 is 0 Å². The molecule has 5 N–H and O–H groups in total. The predicted molar refractivity (Wildman–Crippen MR) is 62.4 cm³/mol. The van der Waals surface area contributed by atoms with E-state index in [9.17, 15) is 0 Å². The van der Waals surface area contributed by atoms with E-state index in [0.717, 1.165) is 6.54 Å². The van der Waals surface area contributed by atoms with Crippen LogP contribution in [-0.2, 0) is 0 Å². The molecular weight excluding hydrogens is 206 g/mol. The molecule has 0 atom stereocenters. The summed E-state index contributed by atoms with van der Waals surface area (Å²) in [5.74, 6) is 6.54. The van der Waals surface area contributed by atoms with Crippen molar-refractivity contribution in [3.8, 4) is 6.07 Å². The predicted octanol–water partition coefficient (Wildman–Crippen LogP) is 0.0844. The van der Waals surface area contributed by atoms with Gasteiger partial charge in [0.25, 0.3) is 0 Å². The van der Waals surface area contributed by atoms with Gasteiger partial charge in [0.05, 0.1) is 12.5 Å². The molecule has 1 aromatic heterocycles. The lowest BCUT2D eigenvalue weighted by Crippen LogP contribution is -2.25. The number of nitriles is 1. The summed E-state index contributed by atoms with van der Waals surface area (Å²) in [5, 5.41) is 8.55. The van der Waals surface area contributed by atoms with E-state index in [4.69, 9.17) is 16.8 Å². The van der Waals surface area contributed by atoms with Gasteiger partial charge in [-0.3, -0.25) is 0 Å².